The van der Waals surface area contributed by atoms with Gasteiger partial charge in [-0.3, -0.25) is 0 Å². The van der Waals surface area contributed by atoms with Crippen LogP contribution in [-0.2, 0) is 3.63 Å². The summed E-state index contributed by atoms with van der Waals surface area (Å²) in [7, 11) is 0. The van der Waals surface area contributed by atoms with E-state index in [-0.39, 0.29) is 10.5 Å². The molecule has 0 saturated carbocycles. The van der Waals surface area contributed by atoms with Gasteiger partial charge in [0.2, 0.25) is 0 Å². The molecule has 5 heteroatoms. The zero-order valence-electron chi connectivity index (χ0n) is 8.67. The molecule has 0 bridgehead atoms. The van der Waals surface area contributed by atoms with Crippen LogP contribution in [0.3, 0.4) is 0 Å². The zero-order valence-corrected chi connectivity index (χ0v) is 12.1. The molecule has 0 aliphatic carbocycles. The first-order valence-corrected chi connectivity index (χ1v) is 7.58. The molecular weight excluding hydrogens is 264 g/mol. The van der Waals surface area contributed by atoms with E-state index >= 15 is 0 Å². The van der Waals surface area contributed by atoms with Crippen molar-refractivity contribution in [2.45, 2.75) is 23.3 Å². The van der Waals surface area contributed by atoms with E-state index in [0.717, 1.165) is 24.3 Å². The highest BCUT2D eigenvalue weighted by molar-refractivity contribution is 8.07. The fourth-order valence-electron chi connectivity index (χ4n) is 0.675. The minimum Gasteiger partial charge on any atom is -0.247 e. The van der Waals surface area contributed by atoms with E-state index < -0.39 is 0 Å². The molecule has 88 valence electrons. The van der Waals surface area contributed by atoms with Gasteiger partial charge in [-0.25, -0.2) is 3.63 Å². The van der Waals surface area contributed by atoms with Crippen LogP contribution in [0, 0.1) is 0 Å². The Kier molecular flexibility index (Phi) is 12.0. The Morgan fingerprint density at radius 2 is 1.40 bits per heavy atom. The maximum atomic E-state index is 5.32. The van der Waals surface area contributed by atoms with Crippen molar-refractivity contribution in [3.05, 3.63) is 25.3 Å². The third-order valence-electron chi connectivity index (χ3n) is 1.63. The lowest BCUT2D eigenvalue weighted by atomic mass is 10.3. The maximum Gasteiger partial charge on any atom is 0.0224 e. The van der Waals surface area contributed by atoms with E-state index in [1.807, 2.05) is 12.2 Å². The second-order valence-electron chi connectivity index (χ2n) is 2.90. The Morgan fingerprint density at radius 3 is 1.73 bits per heavy atom. The Morgan fingerprint density at radius 1 is 1.00 bits per heavy atom. The van der Waals surface area contributed by atoms with E-state index in [4.69, 9.17) is 3.63 Å². The van der Waals surface area contributed by atoms with Crippen LogP contribution in [0.2, 0.25) is 0 Å². The third-order valence-corrected chi connectivity index (χ3v) is 4.15. The third kappa shape index (κ3) is 11.1. The fourth-order valence-corrected chi connectivity index (χ4v) is 2.80. The SMILES string of the molecule is C=CC(S)CCSOSCCC(S)C=C. The first kappa shape index (κ1) is 15.8. The van der Waals surface area contributed by atoms with Crippen LogP contribution in [0.25, 0.3) is 0 Å². The van der Waals surface area contributed by atoms with E-state index in [0.29, 0.717) is 0 Å². The van der Waals surface area contributed by atoms with Gasteiger partial charge in [0, 0.05) is 46.1 Å². The molecule has 0 radical (unpaired) electrons. The van der Waals surface area contributed by atoms with Crippen molar-refractivity contribution in [2.24, 2.45) is 0 Å². The normalized spacial score (nSPS) is 14.5. The Hall–Kier alpha value is 0.840. The van der Waals surface area contributed by atoms with Crippen molar-refractivity contribution >= 4 is 49.3 Å². The minimum absolute atomic E-state index is 0.272. The van der Waals surface area contributed by atoms with E-state index in [1.54, 1.807) is 0 Å². The summed E-state index contributed by atoms with van der Waals surface area (Å²) in [6.45, 7) is 7.34. The summed E-state index contributed by atoms with van der Waals surface area (Å²) in [6.07, 6.45) is 5.65. The van der Waals surface area contributed by atoms with Crippen LogP contribution in [0.4, 0.5) is 0 Å². The summed E-state index contributed by atoms with van der Waals surface area (Å²) in [5.74, 6) is 1.89. The summed E-state index contributed by atoms with van der Waals surface area (Å²) in [4.78, 5) is 0. The smallest absolute Gasteiger partial charge is 0.0224 e. The molecule has 0 aliphatic rings. The summed E-state index contributed by atoms with van der Waals surface area (Å²) >= 11 is 11.5. The highest BCUT2D eigenvalue weighted by Gasteiger charge is 2.00. The Bertz CT molecular complexity index is 157. The number of thiol groups is 2. The standard InChI is InChI=1S/C10H18OS4/c1-3-9(12)5-7-14-11-15-8-6-10(13)4-2/h3-4,9-10,12-13H,1-2,5-8H2. The van der Waals surface area contributed by atoms with Crippen molar-refractivity contribution in [2.75, 3.05) is 11.5 Å². The molecule has 2 atom stereocenters. The van der Waals surface area contributed by atoms with E-state index in [9.17, 15) is 0 Å². The Balaban J connectivity index is 3.11. The monoisotopic (exact) mass is 282 g/mol. The van der Waals surface area contributed by atoms with Crippen LogP contribution in [0.15, 0.2) is 25.3 Å². The van der Waals surface area contributed by atoms with Crippen LogP contribution in [-0.4, -0.2) is 22.0 Å². The highest BCUT2D eigenvalue weighted by atomic mass is 32.2. The predicted molar refractivity (Wildman–Crippen MR) is 81.2 cm³/mol. The quantitative estimate of drug-likeness (QED) is 0.271. The van der Waals surface area contributed by atoms with Crippen molar-refractivity contribution in [1.29, 1.82) is 0 Å². The molecule has 0 aromatic carbocycles. The molecular formula is C10H18OS4. The maximum absolute atomic E-state index is 5.32. The van der Waals surface area contributed by atoms with Gasteiger partial charge in [0.25, 0.3) is 0 Å². The van der Waals surface area contributed by atoms with Crippen molar-refractivity contribution in [3.8, 4) is 0 Å². The van der Waals surface area contributed by atoms with Gasteiger partial charge in [0.15, 0.2) is 0 Å². The first-order valence-electron chi connectivity index (χ1n) is 4.73. The lowest BCUT2D eigenvalue weighted by Crippen LogP contribution is -1.96. The molecule has 0 aliphatic heterocycles. The van der Waals surface area contributed by atoms with Gasteiger partial charge >= 0.3 is 0 Å². The summed E-state index contributed by atoms with van der Waals surface area (Å²) in [5.41, 5.74) is 0. The summed E-state index contributed by atoms with van der Waals surface area (Å²) in [6, 6.07) is 0. The predicted octanol–water partition coefficient (Wildman–Crippen LogP) is 4.05. The van der Waals surface area contributed by atoms with E-state index in [1.165, 1.54) is 24.1 Å². The molecule has 0 rings (SSSR count). The number of rotatable bonds is 10. The topological polar surface area (TPSA) is 9.23 Å². The molecule has 1 nitrogen and oxygen atoms in total. The molecule has 0 aromatic heterocycles. The highest BCUT2D eigenvalue weighted by Crippen LogP contribution is 2.19. The van der Waals surface area contributed by atoms with Gasteiger partial charge < -0.3 is 0 Å². The van der Waals surface area contributed by atoms with E-state index in [2.05, 4.69) is 38.4 Å². The second-order valence-corrected chi connectivity index (χ2v) is 6.05. The zero-order chi connectivity index (χ0) is 11.5. The molecule has 0 fully saturated rings. The number of hydrogen-bond donors (Lipinski definition) is 2. The van der Waals surface area contributed by atoms with Gasteiger partial charge in [0.05, 0.1) is 0 Å². The van der Waals surface area contributed by atoms with Crippen LogP contribution in [0.1, 0.15) is 12.8 Å². The first-order chi connectivity index (χ1) is 7.20. The molecule has 0 heterocycles. The molecule has 0 amide bonds. The summed E-state index contributed by atoms with van der Waals surface area (Å²) in [5, 5.41) is 0.544. The Labute approximate surface area is 113 Å². The molecule has 15 heavy (non-hydrogen) atoms. The van der Waals surface area contributed by atoms with Gasteiger partial charge in [-0.1, -0.05) is 12.2 Å². The van der Waals surface area contributed by atoms with Crippen LogP contribution in [0.5, 0.6) is 0 Å². The van der Waals surface area contributed by atoms with Gasteiger partial charge in [-0.15, -0.1) is 13.2 Å². The lowest BCUT2D eigenvalue weighted by molar-refractivity contribution is 0.747. The van der Waals surface area contributed by atoms with Crippen molar-refractivity contribution in [1.82, 2.24) is 0 Å². The molecule has 0 aromatic rings. The van der Waals surface area contributed by atoms with Crippen LogP contribution >= 0.6 is 49.3 Å². The van der Waals surface area contributed by atoms with Crippen molar-refractivity contribution in [3.63, 3.8) is 0 Å². The molecule has 0 spiro atoms. The molecule has 2 unspecified atom stereocenters. The lowest BCUT2D eigenvalue weighted by Gasteiger charge is -2.05. The minimum atomic E-state index is 0.272. The van der Waals surface area contributed by atoms with Crippen molar-refractivity contribution < 1.29 is 3.63 Å². The molecule has 0 saturated heterocycles. The van der Waals surface area contributed by atoms with Gasteiger partial charge in [-0.05, 0) is 12.8 Å². The van der Waals surface area contributed by atoms with Gasteiger partial charge in [0.1, 0.15) is 0 Å². The van der Waals surface area contributed by atoms with Gasteiger partial charge in [-0.2, -0.15) is 25.3 Å². The average Bonchev–Trinajstić information content (AvgIpc) is 2.26. The van der Waals surface area contributed by atoms with Crippen LogP contribution < -0.4 is 0 Å². The largest absolute Gasteiger partial charge is 0.247 e. The average molecular weight is 283 g/mol. The fraction of sp³-hybridized carbons (Fsp3) is 0.600. The number of hydrogen-bond acceptors (Lipinski definition) is 5. The second kappa shape index (κ2) is 11.3. The summed E-state index contributed by atoms with van der Waals surface area (Å²) < 4.78 is 5.32. The molecule has 0 N–H and O–H groups in total.